The van der Waals surface area contributed by atoms with Crippen LogP contribution in [0.2, 0.25) is 10.0 Å². The summed E-state index contributed by atoms with van der Waals surface area (Å²) < 4.78 is 1.68. The van der Waals surface area contributed by atoms with Gasteiger partial charge in [0.2, 0.25) is 0 Å². The second-order valence-electron chi connectivity index (χ2n) is 8.66. The molecule has 2 aromatic carbocycles. The molecule has 0 saturated heterocycles. The van der Waals surface area contributed by atoms with Crippen molar-refractivity contribution in [1.29, 1.82) is 0 Å². The first kappa shape index (κ1) is 24.6. The number of nitrogens with zero attached hydrogens (tertiary/aromatic N) is 2. The third kappa shape index (κ3) is 5.26. The summed E-state index contributed by atoms with van der Waals surface area (Å²) in [5, 5.41) is 5.72. The average Bonchev–Trinajstić information content (AvgIpc) is 3.21. The van der Waals surface area contributed by atoms with E-state index >= 15 is 0 Å². The van der Waals surface area contributed by atoms with Crippen LogP contribution in [0, 0.1) is 11.8 Å². The van der Waals surface area contributed by atoms with Gasteiger partial charge in [-0.25, -0.2) is 9.97 Å². The molecule has 0 atom stereocenters. The summed E-state index contributed by atoms with van der Waals surface area (Å²) in [4.78, 5) is 11.5. The van der Waals surface area contributed by atoms with Crippen molar-refractivity contribution in [2.24, 2.45) is 11.8 Å². The van der Waals surface area contributed by atoms with E-state index in [-0.39, 0.29) is 0 Å². The molecule has 0 aliphatic carbocycles. The van der Waals surface area contributed by atoms with Gasteiger partial charge in [-0.05, 0) is 78.7 Å². The number of hydrogen-bond acceptors (Lipinski definition) is 4. The zero-order valence-corrected chi connectivity index (χ0v) is 24.4. The molecule has 0 aliphatic rings. The van der Waals surface area contributed by atoms with E-state index < -0.39 is 0 Å². The number of thiazole rings is 2. The quantitative estimate of drug-likeness (QED) is 0.211. The van der Waals surface area contributed by atoms with Crippen LogP contribution in [0.1, 0.15) is 37.7 Å². The molecule has 2 nitrogen and oxygen atoms in total. The first-order valence-corrected chi connectivity index (χ1v) is 14.3. The maximum atomic E-state index is 6.76. The highest BCUT2D eigenvalue weighted by atomic mass is 79.9. The molecule has 0 amide bonds. The Morgan fingerprint density at radius 2 is 1.09 bits per heavy atom. The van der Waals surface area contributed by atoms with Crippen LogP contribution in [0.3, 0.4) is 0 Å². The molecule has 0 aliphatic heterocycles. The number of hydrogen-bond donors (Lipinski definition) is 0. The molecule has 0 bridgehead atoms. The maximum absolute atomic E-state index is 6.76. The maximum Gasteiger partial charge on any atom is 0.125 e. The number of aromatic nitrogens is 2. The fourth-order valence-electron chi connectivity index (χ4n) is 3.53. The highest BCUT2D eigenvalue weighted by Gasteiger charge is 2.19. The lowest BCUT2D eigenvalue weighted by Crippen LogP contribution is -1.92. The average molecular weight is 633 g/mol. The van der Waals surface area contributed by atoms with Crippen LogP contribution in [-0.2, 0) is 12.8 Å². The van der Waals surface area contributed by atoms with Crippen molar-refractivity contribution in [3.63, 3.8) is 0 Å². The molecule has 168 valence electrons. The molecule has 0 N–H and O–H groups in total. The minimum atomic E-state index is 0.553. The van der Waals surface area contributed by atoms with Crippen LogP contribution >= 0.6 is 77.7 Å². The highest BCUT2D eigenvalue weighted by molar-refractivity contribution is 9.10. The van der Waals surface area contributed by atoms with Crippen molar-refractivity contribution in [2.45, 2.75) is 40.5 Å². The standard InChI is InChI=1S/C24H22Br2Cl2N2S2/c1-11(2)5-19-29-23(25)21(31-19)15-7-13-10-18(28)16(8-14(13)9-17(15)27)22-24(26)30-20(32-22)6-12(3)4/h7-12H,5-6H2,1-4H3. The van der Waals surface area contributed by atoms with E-state index in [9.17, 15) is 0 Å². The predicted molar refractivity (Wildman–Crippen MR) is 149 cm³/mol. The van der Waals surface area contributed by atoms with Crippen molar-refractivity contribution in [3.05, 3.63) is 53.5 Å². The van der Waals surface area contributed by atoms with Crippen LogP contribution in [0.4, 0.5) is 0 Å². The molecule has 0 spiro atoms. The molecule has 4 rings (SSSR count). The first-order chi connectivity index (χ1) is 15.1. The van der Waals surface area contributed by atoms with E-state index in [0.29, 0.717) is 21.9 Å². The third-order valence-corrected chi connectivity index (χ3v) is 9.45. The Kier molecular flexibility index (Phi) is 7.70. The fourth-order valence-corrected chi connectivity index (χ4v) is 8.15. The van der Waals surface area contributed by atoms with Gasteiger partial charge in [0.1, 0.15) is 9.21 Å². The van der Waals surface area contributed by atoms with Gasteiger partial charge in [-0.3, -0.25) is 0 Å². The van der Waals surface area contributed by atoms with E-state index in [1.54, 1.807) is 22.7 Å². The zero-order valence-electron chi connectivity index (χ0n) is 18.1. The Hall–Kier alpha value is -0.500. The monoisotopic (exact) mass is 630 g/mol. The third-order valence-electron chi connectivity index (χ3n) is 4.93. The molecule has 2 aromatic heterocycles. The molecular formula is C24H22Br2Cl2N2S2. The van der Waals surface area contributed by atoms with E-state index in [4.69, 9.17) is 33.2 Å². The summed E-state index contributed by atoms with van der Waals surface area (Å²) in [6.45, 7) is 8.80. The number of fused-ring (bicyclic) bond motifs is 1. The predicted octanol–water partition coefficient (Wildman–Crippen LogP) is 10.3. The normalized spacial score (nSPS) is 11.9. The van der Waals surface area contributed by atoms with Crippen molar-refractivity contribution in [2.75, 3.05) is 0 Å². The van der Waals surface area contributed by atoms with Crippen LogP contribution in [-0.4, -0.2) is 9.97 Å². The van der Waals surface area contributed by atoms with Gasteiger partial charge >= 0.3 is 0 Å². The topological polar surface area (TPSA) is 25.8 Å². The molecule has 0 fully saturated rings. The van der Waals surface area contributed by atoms with Crippen LogP contribution in [0.15, 0.2) is 33.5 Å². The lowest BCUT2D eigenvalue weighted by Gasteiger charge is -2.09. The first-order valence-electron chi connectivity index (χ1n) is 10.4. The minimum Gasteiger partial charge on any atom is -0.234 e. The van der Waals surface area contributed by atoms with Gasteiger partial charge in [-0.15, -0.1) is 22.7 Å². The lowest BCUT2D eigenvalue weighted by molar-refractivity contribution is 0.644. The molecule has 4 aromatic rings. The minimum absolute atomic E-state index is 0.553. The van der Waals surface area contributed by atoms with Crippen LogP contribution in [0.25, 0.3) is 31.7 Å². The van der Waals surface area contributed by atoms with Crippen LogP contribution < -0.4 is 0 Å². The van der Waals surface area contributed by atoms with Crippen molar-refractivity contribution in [3.8, 4) is 20.9 Å². The van der Waals surface area contributed by atoms with Gasteiger partial charge in [0.25, 0.3) is 0 Å². The number of halogens is 4. The van der Waals surface area contributed by atoms with Gasteiger partial charge in [0, 0.05) is 34.0 Å². The molecule has 8 heteroatoms. The molecular weight excluding hydrogens is 611 g/mol. The smallest absolute Gasteiger partial charge is 0.125 e. The second-order valence-corrected chi connectivity index (χ2v) is 13.1. The van der Waals surface area contributed by atoms with Gasteiger partial charge < -0.3 is 0 Å². The summed E-state index contributed by atoms with van der Waals surface area (Å²) in [7, 11) is 0. The van der Waals surface area contributed by atoms with E-state index in [2.05, 4.69) is 71.7 Å². The molecule has 0 saturated carbocycles. The highest BCUT2D eigenvalue weighted by Crippen LogP contribution is 2.44. The SMILES string of the molecule is CC(C)Cc1nc(Br)c(-c2cc3cc(Cl)c(-c4sc(CC(C)C)nc4Br)cc3cc2Cl)s1. The number of rotatable bonds is 6. The second kappa shape index (κ2) is 10.0. The summed E-state index contributed by atoms with van der Waals surface area (Å²) in [5.41, 5.74) is 1.95. The Morgan fingerprint density at radius 1 is 0.719 bits per heavy atom. The van der Waals surface area contributed by atoms with Gasteiger partial charge in [0.05, 0.1) is 19.8 Å². The molecule has 2 heterocycles. The van der Waals surface area contributed by atoms with Crippen molar-refractivity contribution in [1.82, 2.24) is 9.97 Å². The summed E-state index contributed by atoms with van der Waals surface area (Å²) >= 11 is 24.2. The number of benzene rings is 2. The summed E-state index contributed by atoms with van der Waals surface area (Å²) in [5.74, 6) is 1.11. The zero-order chi connectivity index (χ0) is 23.2. The van der Waals surface area contributed by atoms with E-state index in [1.807, 2.05) is 12.1 Å². The van der Waals surface area contributed by atoms with E-state index in [0.717, 1.165) is 63.7 Å². The summed E-state index contributed by atoms with van der Waals surface area (Å²) in [6.07, 6.45) is 1.90. The van der Waals surface area contributed by atoms with Gasteiger partial charge in [0.15, 0.2) is 0 Å². The Bertz CT molecular complexity index is 1200. The van der Waals surface area contributed by atoms with Crippen molar-refractivity contribution < 1.29 is 0 Å². The molecule has 0 unspecified atom stereocenters. The molecule has 0 radical (unpaired) electrons. The van der Waals surface area contributed by atoms with Gasteiger partial charge in [-0.2, -0.15) is 0 Å². The Balaban J connectivity index is 1.78. The van der Waals surface area contributed by atoms with Crippen molar-refractivity contribution >= 4 is 88.5 Å². The van der Waals surface area contributed by atoms with Gasteiger partial charge in [-0.1, -0.05) is 50.9 Å². The van der Waals surface area contributed by atoms with Crippen LogP contribution in [0.5, 0.6) is 0 Å². The largest absolute Gasteiger partial charge is 0.234 e. The van der Waals surface area contributed by atoms with E-state index in [1.165, 1.54) is 0 Å². The Morgan fingerprint density at radius 3 is 1.44 bits per heavy atom. The molecule has 32 heavy (non-hydrogen) atoms. The fraction of sp³-hybridized carbons (Fsp3) is 0.333. The Labute approximate surface area is 223 Å². The lowest BCUT2D eigenvalue weighted by atomic mass is 10.0. The summed E-state index contributed by atoms with van der Waals surface area (Å²) in [6, 6.07) is 8.25.